The average molecular weight is 292 g/mol. The first-order valence-corrected chi connectivity index (χ1v) is 6.83. The molecule has 5 heteroatoms. The zero-order valence-electron chi connectivity index (χ0n) is 11.0. The van der Waals surface area contributed by atoms with Gasteiger partial charge in [0.2, 0.25) is 0 Å². The van der Waals surface area contributed by atoms with E-state index in [2.05, 4.69) is 5.32 Å². The van der Waals surface area contributed by atoms with Crippen LogP contribution in [0.15, 0.2) is 24.3 Å². The van der Waals surface area contributed by atoms with Crippen molar-refractivity contribution in [1.29, 1.82) is 0 Å². The highest BCUT2D eigenvalue weighted by atomic mass is 35.5. The van der Waals surface area contributed by atoms with Crippen molar-refractivity contribution < 1.29 is 13.5 Å². The Morgan fingerprint density at radius 2 is 1.95 bits per heavy atom. The van der Waals surface area contributed by atoms with Crippen LogP contribution in [-0.4, -0.2) is 32.2 Å². The number of hydrogen-bond donors (Lipinski definition) is 1. The summed E-state index contributed by atoms with van der Waals surface area (Å²) in [6.07, 6.45) is -0.847. The van der Waals surface area contributed by atoms with Gasteiger partial charge in [-0.2, -0.15) is 0 Å². The second kappa shape index (κ2) is 9.23. The summed E-state index contributed by atoms with van der Waals surface area (Å²) in [4.78, 5) is 0. The van der Waals surface area contributed by atoms with E-state index in [1.165, 1.54) is 5.56 Å². The predicted molar refractivity (Wildman–Crippen MR) is 74.1 cm³/mol. The smallest absolute Gasteiger partial charge is 0.261 e. The lowest BCUT2D eigenvalue weighted by atomic mass is 10.0. The maximum absolute atomic E-state index is 11.9. The number of nitrogens with one attached hydrogen (secondary N) is 1. The Balaban J connectivity index is 2.37. The number of likely N-dealkylation sites (N-methyl/N-ethyl adjacent to an activating group) is 1. The fourth-order valence-electron chi connectivity index (χ4n) is 1.87. The number of halogens is 3. The van der Waals surface area contributed by atoms with Gasteiger partial charge in [-0.25, -0.2) is 8.78 Å². The van der Waals surface area contributed by atoms with Crippen molar-refractivity contribution in [3.63, 3.8) is 0 Å². The molecule has 108 valence electrons. The standard InChI is InChI=1S/C14H20ClF2NO/c1-2-18-13(7-8-19-10-14(16)17)9-11-3-5-12(15)6-4-11/h3-6,13-14,18H,2,7-10H2,1H3. The number of hydrogen-bond acceptors (Lipinski definition) is 2. The number of alkyl halides is 2. The third-order valence-corrected chi connectivity index (χ3v) is 2.99. The lowest BCUT2D eigenvalue weighted by Gasteiger charge is -2.18. The van der Waals surface area contributed by atoms with Gasteiger partial charge in [0.15, 0.2) is 0 Å². The molecule has 0 radical (unpaired) electrons. The van der Waals surface area contributed by atoms with E-state index in [0.29, 0.717) is 18.1 Å². The minimum atomic E-state index is -2.39. The molecule has 1 aromatic carbocycles. The zero-order valence-corrected chi connectivity index (χ0v) is 11.8. The van der Waals surface area contributed by atoms with Gasteiger partial charge in [0.1, 0.15) is 6.61 Å². The maximum atomic E-state index is 11.9. The van der Waals surface area contributed by atoms with Crippen molar-refractivity contribution in [3.8, 4) is 0 Å². The predicted octanol–water partition coefficient (Wildman–Crippen LogP) is 3.53. The molecule has 0 spiro atoms. The molecule has 0 fully saturated rings. The summed E-state index contributed by atoms with van der Waals surface area (Å²) in [6, 6.07) is 7.89. The molecule has 2 nitrogen and oxygen atoms in total. The Labute approximate surface area is 118 Å². The molecular formula is C14H20ClF2NO. The minimum Gasteiger partial charge on any atom is -0.375 e. The van der Waals surface area contributed by atoms with Gasteiger partial charge < -0.3 is 10.1 Å². The Hall–Kier alpha value is -0.710. The molecule has 0 heterocycles. The molecular weight excluding hydrogens is 272 g/mol. The summed E-state index contributed by atoms with van der Waals surface area (Å²) in [5.41, 5.74) is 1.17. The fraction of sp³-hybridized carbons (Fsp3) is 0.571. The van der Waals surface area contributed by atoms with E-state index in [9.17, 15) is 8.78 Å². The molecule has 0 aromatic heterocycles. The summed E-state index contributed by atoms with van der Waals surface area (Å²) in [6.45, 7) is 2.72. The third kappa shape index (κ3) is 7.45. The normalized spacial score (nSPS) is 12.9. The molecule has 0 amide bonds. The lowest BCUT2D eigenvalue weighted by Crippen LogP contribution is -2.32. The summed E-state index contributed by atoms with van der Waals surface area (Å²) in [5.74, 6) is 0. The molecule has 19 heavy (non-hydrogen) atoms. The topological polar surface area (TPSA) is 21.3 Å². The molecule has 1 rings (SSSR count). The van der Waals surface area contributed by atoms with Gasteiger partial charge in [-0.05, 0) is 37.1 Å². The SMILES string of the molecule is CCNC(CCOCC(F)F)Cc1ccc(Cl)cc1. The van der Waals surface area contributed by atoms with E-state index in [0.717, 1.165) is 13.0 Å². The largest absolute Gasteiger partial charge is 0.375 e. The van der Waals surface area contributed by atoms with E-state index < -0.39 is 13.0 Å². The molecule has 0 bridgehead atoms. The van der Waals surface area contributed by atoms with E-state index in [4.69, 9.17) is 16.3 Å². The van der Waals surface area contributed by atoms with Crippen LogP contribution in [0.5, 0.6) is 0 Å². The third-order valence-electron chi connectivity index (χ3n) is 2.74. The zero-order chi connectivity index (χ0) is 14.1. The highest BCUT2D eigenvalue weighted by Crippen LogP contribution is 2.12. The average Bonchev–Trinajstić information content (AvgIpc) is 2.37. The van der Waals surface area contributed by atoms with Gasteiger partial charge in [-0.15, -0.1) is 0 Å². The molecule has 0 aliphatic heterocycles. The molecule has 1 N–H and O–H groups in total. The van der Waals surface area contributed by atoms with Crippen LogP contribution in [0, 0.1) is 0 Å². The Morgan fingerprint density at radius 3 is 2.53 bits per heavy atom. The second-order valence-electron chi connectivity index (χ2n) is 4.34. The van der Waals surface area contributed by atoms with Crippen molar-refractivity contribution in [2.24, 2.45) is 0 Å². The molecule has 1 atom stereocenters. The van der Waals surface area contributed by atoms with E-state index >= 15 is 0 Å². The molecule has 0 aliphatic carbocycles. The van der Waals surface area contributed by atoms with E-state index in [-0.39, 0.29) is 6.04 Å². The first-order valence-electron chi connectivity index (χ1n) is 6.45. The van der Waals surface area contributed by atoms with Gasteiger partial charge in [0, 0.05) is 17.7 Å². The number of rotatable bonds is 9. The summed E-state index contributed by atoms with van der Waals surface area (Å²) < 4.78 is 28.8. The number of benzene rings is 1. The van der Waals surface area contributed by atoms with Crippen LogP contribution in [0.3, 0.4) is 0 Å². The van der Waals surface area contributed by atoms with Crippen LogP contribution in [0.25, 0.3) is 0 Å². The van der Waals surface area contributed by atoms with Crippen molar-refractivity contribution in [2.75, 3.05) is 19.8 Å². The van der Waals surface area contributed by atoms with Crippen molar-refractivity contribution in [3.05, 3.63) is 34.9 Å². The monoisotopic (exact) mass is 291 g/mol. The minimum absolute atomic E-state index is 0.226. The van der Waals surface area contributed by atoms with Gasteiger partial charge in [0.05, 0.1) is 0 Å². The fourth-order valence-corrected chi connectivity index (χ4v) is 1.99. The Kier molecular flexibility index (Phi) is 7.94. The summed E-state index contributed by atoms with van der Waals surface area (Å²) >= 11 is 5.83. The molecule has 1 unspecified atom stereocenters. The molecule has 1 aromatic rings. The Bertz CT molecular complexity index is 346. The number of ether oxygens (including phenoxy) is 1. The van der Waals surface area contributed by atoms with Crippen LogP contribution in [0.4, 0.5) is 8.78 Å². The van der Waals surface area contributed by atoms with Crippen LogP contribution >= 0.6 is 11.6 Å². The van der Waals surface area contributed by atoms with Crippen LogP contribution in [0.2, 0.25) is 5.02 Å². The Morgan fingerprint density at radius 1 is 1.26 bits per heavy atom. The van der Waals surface area contributed by atoms with Crippen LogP contribution in [-0.2, 0) is 11.2 Å². The summed E-state index contributed by atoms with van der Waals surface area (Å²) in [5, 5.41) is 4.05. The lowest BCUT2D eigenvalue weighted by molar-refractivity contribution is 0.0144. The molecule has 0 aliphatic rings. The van der Waals surface area contributed by atoms with Crippen molar-refractivity contribution >= 4 is 11.6 Å². The van der Waals surface area contributed by atoms with Gasteiger partial charge in [0.25, 0.3) is 6.43 Å². The van der Waals surface area contributed by atoms with Gasteiger partial charge in [-0.1, -0.05) is 30.7 Å². The van der Waals surface area contributed by atoms with E-state index in [1.54, 1.807) is 0 Å². The second-order valence-corrected chi connectivity index (χ2v) is 4.78. The molecule has 0 saturated carbocycles. The summed E-state index contributed by atoms with van der Waals surface area (Å²) in [7, 11) is 0. The first kappa shape index (κ1) is 16.3. The van der Waals surface area contributed by atoms with Gasteiger partial charge in [-0.3, -0.25) is 0 Å². The first-order chi connectivity index (χ1) is 9.11. The van der Waals surface area contributed by atoms with E-state index in [1.807, 2.05) is 31.2 Å². The maximum Gasteiger partial charge on any atom is 0.261 e. The quantitative estimate of drug-likeness (QED) is 0.703. The van der Waals surface area contributed by atoms with Gasteiger partial charge >= 0.3 is 0 Å². The highest BCUT2D eigenvalue weighted by Gasteiger charge is 2.09. The molecule has 0 saturated heterocycles. The van der Waals surface area contributed by atoms with Crippen molar-refractivity contribution in [1.82, 2.24) is 5.32 Å². The highest BCUT2D eigenvalue weighted by molar-refractivity contribution is 6.30. The van der Waals surface area contributed by atoms with Crippen LogP contribution in [0.1, 0.15) is 18.9 Å². The van der Waals surface area contributed by atoms with Crippen molar-refractivity contribution in [2.45, 2.75) is 32.2 Å². The van der Waals surface area contributed by atoms with Crippen LogP contribution < -0.4 is 5.32 Å².